The molecule has 2 aromatic heterocycles. The molecule has 0 bridgehead atoms. The van der Waals surface area contributed by atoms with E-state index < -0.39 is 11.6 Å². The zero-order chi connectivity index (χ0) is 21.3. The number of nitrogens with one attached hydrogen (secondary N) is 2. The molecule has 7 nitrogen and oxygen atoms in total. The molecule has 3 aromatic rings. The number of hydrogen-bond acceptors (Lipinski definition) is 5. The first kappa shape index (κ1) is 21.1. The molecule has 0 aliphatic heterocycles. The molecule has 30 heavy (non-hydrogen) atoms. The summed E-state index contributed by atoms with van der Waals surface area (Å²) in [5.74, 6) is -1.44. The van der Waals surface area contributed by atoms with E-state index in [1.165, 1.54) is 12.3 Å². The Kier molecular flexibility index (Phi) is 7.20. The molecule has 0 saturated carbocycles. The summed E-state index contributed by atoms with van der Waals surface area (Å²) < 4.78 is 32.2. The van der Waals surface area contributed by atoms with Crippen LogP contribution >= 0.6 is 0 Å². The number of amides is 2. The average Bonchev–Trinajstić information content (AvgIpc) is 3.20. The van der Waals surface area contributed by atoms with Crippen LogP contribution in [-0.2, 0) is 22.6 Å². The monoisotopic (exact) mass is 414 g/mol. The molecule has 0 atom stereocenters. The van der Waals surface area contributed by atoms with Gasteiger partial charge < -0.3 is 15.1 Å². The Morgan fingerprint density at radius 2 is 1.77 bits per heavy atom. The molecular formula is C21H20F2N4O3. The van der Waals surface area contributed by atoms with Crippen molar-refractivity contribution in [3.8, 4) is 11.3 Å². The van der Waals surface area contributed by atoms with Gasteiger partial charge in [-0.2, -0.15) is 0 Å². The normalized spacial score (nSPS) is 10.6. The van der Waals surface area contributed by atoms with E-state index in [2.05, 4.69) is 20.6 Å². The van der Waals surface area contributed by atoms with Crippen LogP contribution in [0.25, 0.3) is 11.3 Å². The fourth-order valence-corrected chi connectivity index (χ4v) is 2.65. The molecule has 0 saturated heterocycles. The largest absolute Gasteiger partial charge is 0.441 e. The van der Waals surface area contributed by atoms with Gasteiger partial charge in [0.2, 0.25) is 11.8 Å². The standard InChI is InChI=1S/C21H20F2N4O3/c22-15-1-2-16(17(23)11-15)18-13-27-21(30-18)4-3-19(28)25-10-7-20(29)26-12-14-5-8-24-9-6-14/h1-2,5-6,8-9,11,13H,3-4,7,10,12H2,(H,25,28)(H,26,29). The van der Waals surface area contributed by atoms with Gasteiger partial charge in [0.25, 0.3) is 0 Å². The number of benzene rings is 1. The van der Waals surface area contributed by atoms with Gasteiger partial charge in [-0.1, -0.05) is 0 Å². The molecule has 2 N–H and O–H groups in total. The Hall–Kier alpha value is -3.62. The van der Waals surface area contributed by atoms with Crippen molar-refractivity contribution in [2.24, 2.45) is 0 Å². The predicted molar refractivity (Wildman–Crippen MR) is 104 cm³/mol. The topological polar surface area (TPSA) is 97.1 Å². The number of hydrogen-bond donors (Lipinski definition) is 2. The SMILES string of the molecule is O=C(CCc1ncc(-c2ccc(F)cc2F)o1)NCCC(=O)NCc1ccncc1. The van der Waals surface area contributed by atoms with Gasteiger partial charge in [-0.15, -0.1) is 0 Å². The molecule has 9 heteroatoms. The number of oxazole rings is 1. The van der Waals surface area contributed by atoms with Crippen LogP contribution in [0, 0.1) is 11.6 Å². The predicted octanol–water partition coefficient (Wildman–Crippen LogP) is 2.77. The van der Waals surface area contributed by atoms with Crippen LogP contribution in [0.15, 0.2) is 53.3 Å². The Labute approximate surface area is 171 Å². The fourth-order valence-electron chi connectivity index (χ4n) is 2.65. The van der Waals surface area contributed by atoms with Gasteiger partial charge in [0.05, 0.1) is 11.8 Å². The summed E-state index contributed by atoms with van der Waals surface area (Å²) in [6, 6.07) is 6.77. The van der Waals surface area contributed by atoms with Crippen LogP contribution < -0.4 is 10.6 Å². The van der Waals surface area contributed by atoms with E-state index in [9.17, 15) is 18.4 Å². The lowest BCUT2D eigenvalue weighted by Gasteiger charge is -2.06. The van der Waals surface area contributed by atoms with Crippen LogP contribution in [0.1, 0.15) is 24.3 Å². The molecule has 1 aromatic carbocycles. The van der Waals surface area contributed by atoms with Crippen molar-refractivity contribution in [1.29, 1.82) is 0 Å². The summed E-state index contributed by atoms with van der Waals surface area (Å²) in [6.45, 7) is 0.606. The number of aryl methyl sites for hydroxylation is 1. The second-order valence-corrected chi connectivity index (χ2v) is 6.47. The van der Waals surface area contributed by atoms with Gasteiger partial charge in [-0.25, -0.2) is 13.8 Å². The highest BCUT2D eigenvalue weighted by Gasteiger charge is 2.13. The molecule has 0 radical (unpaired) electrons. The summed E-state index contributed by atoms with van der Waals surface area (Å²) in [4.78, 5) is 31.6. The molecular weight excluding hydrogens is 394 g/mol. The minimum absolute atomic E-state index is 0.0948. The summed E-state index contributed by atoms with van der Waals surface area (Å²) in [5.41, 5.74) is 1.03. The first-order valence-electron chi connectivity index (χ1n) is 9.33. The zero-order valence-electron chi connectivity index (χ0n) is 16.0. The van der Waals surface area contributed by atoms with Crippen LogP contribution in [0.5, 0.6) is 0 Å². The third kappa shape index (κ3) is 6.20. The number of carbonyl (C=O) groups is 2. The fraction of sp³-hybridized carbons (Fsp3) is 0.238. The maximum atomic E-state index is 13.8. The summed E-state index contributed by atoms with van der Waals surface area (Å²) in [7, 11) is 0. The van der Waals surface area contributed by atoms with Crippen molar-refractivity contribution >= 4 is 11.8 Å². The van der Waals surface area contributed by atoms with E-state index >= 15 is 0 Å². The maximum Gasteiger partial charge on any atom is 0.222 e. The molecule has 156 valence electrons. The lowest BCUT2D eigenvalue weighted by atomic mass is 10.2. The van der Waals surface area contributed by atoms with E-state index in [0.717, 1.165) is 17.7 Å². The first-order valence-corrected chi connectivity index (χ1v) is 9.33. The third-order valence-electron chi connectivity index (χ3n) is 4.23. The number of pyridine rings is 1. The van der Waals surface area contributed by atoms with Gasteiger partial charge in [0, 0.05) is 50.8 Å². The first-order chi connectivity index (χ1) is 14.5. The van der Waals surface area contributed by atoms with Crippen molar-refractivity contribution in [2.45, 2.75) is 25.8 Å². The summed E-state index contributed by atoms with van der Waals surface area (Å²) >= 11 is 0. The number of aromatic nitrogens is 2. The van der Waals surface area contributed by atoms with Gasteiger partial charge in [-0.3, -0.25) is 14.6 Å². The van der Waals surface area contributed by atoms with Crippen LogP contribution in [0.2, 0.25) is 0 Å². The van der Waals surface area contributed by atoms with Crippen molar-refractivity contribution in [2.75, 3.05) is 6.54 Å². The van der Waals surface area contributed by atoms with E-state index in [-0.39, 0.29) is 54.8 Å². The zero-order valence-corrected chi connectivity index (χ0v) is 16.0. The quantitative estimate of drug-likeness (QED) is 0.561. The lowest BCUT2D eigenvalue weighted by Crippen LogP contribution is -2.30. The number of carbonyl (C=O) groups excluding carboxylic acids is 2. The number of nitrogens with zero attached hydrogens (tertiary/aromatic N) is 2. The molecule has 0 fully saturated rings. The van der Waals surface area contributed by atoms with Crippen LogP contribution in [0.3, 0.4) is 0 Å². The van der Waals surface area contributed by atoms with E-state index in [1.54, 1.807) is 24.5 Å². The molecule has 2 heterocycles. The highest BCUT2D eigenvalue weighted by atomic mass is 19.1. The molecule has 0 aliphatic carbocycles. The molecule has 3 rings (SSSR count). The Morgan fingerprint density at radius 1 is 1.00 bits per heavy atom. The minimum Gasteiger partial charge on any atom is -0.441 e. The van der Waals surface area contributed by atoms with Gasteiger partial charge in [0.15, 0.2) is 11.7 Å². The van der Waals surface area contributed by atoms with Crippen molar-refractivity contribution in [1.82, 2.24) is 20.6 Å². The Balaban J connectivity index is 1.37. The molecule has 0 spiro atoms. The average molecular weight is 414 g/mol. The molecule has 2 amide bonds. The summed E-state index contributed by atoms with van der Waals surface area (Å²) in [5, 5.41) is 5.41. The maximum absolute atomic E-state index is 13.8. The summed E-state index contributed by atoms with van der Waals surface area (Å²) in [6.07, 6.45) is 5.09. The van der Waals surface area contributed by atoms with Gasteiger partial charge in [-0.05, 0) is 29.8 Å². The Bertz CT molecular complexity index is 1010. The van der Waals surface area contributed by atoms with Gasteiger partial charge >= 0.3 is 0 Å². The van der Waals surface area contributed by atoms with E-state index in [1.807, 2.05) is 0 Å². The highest BCUT2D eigenvalue weighted by Crippen LogP contribution is 2.24. The van der Waals surface area contributed by atoms with Crippen LogP contribution in [-0.4, -0.2) is 28.3 Å². The smallest absolute Gasteiger partial charge is 0.222 e. The van der Waals surface area contributed by atoms with E-state index in [0.29, 0.717) is 6.54 Å². The second-order valence-electron chi connectivity index (χ2n) is 6.47. The molecule has 0 aliphatic rings. The highest BCUT2D eigenvalue weighted by molar-refractivity contribution is 5.79. The van der Waals surface area contributed by atoms with Crippen molar-refractivity contribution < 1.29 is 22.8 Å². The minimum atomic E-state index is -0.752. The third-order valence-corrected chi connectivity index (χ3v) is 4.23. The number of rotatable bonds is 9. The number of halogens is 2. The van der Waals surface area contributed by atoms with Crippen molar-refractivity contribution in [3.63, 3.8) is 0 Å². The van der Waals surface area contributed by atoms with E-state index in [4.69, 9.17) is 4.42 Å². The van der Waals surface area contributed by atoms with Crippen molar-refractivity contribution in [3.05, 3.63) is 72.0 Å². The molecule has 0 unspecified atom stereocenters. The second kappa shape index (κ2) is 10.2. The Morgan fingerprint density at radius 3 is 2.53 bits per heavy atom. The van der Waals surface area contributed by atoms with Gasteiger partial charge in [0.1, 0.15) is 11.6 Å². The lowest BCUT2D eigenvalue weighted by molar-refractivity contribution is -0.122. The van der Waals surface area contributed by atoms with Crippen LogP contribution in [0.4, 0.5) is 8.78 Å².